The number of benzene rings is 2. The van der Waals surface area contributed by atoms with E-state index in [4.69, 9.17) is 11.6 Å². The molecule has 9 heteroatoms. The van der Waals surface area contributed by atoms with E-state index in [9.17, 15) is 14.4 Å². The number of amides is 1. The number of carbonyl (C=O) groups excluding carboxylic acids is 1. The van der Waals surface area contributed by atoms with E-state index in [0.29, 0.717) is 34.0 Å². The Morgan fingerprint density at radius 1 is 1.09 bits per heavy atom. The average molecular weight is 496 g/mol. The quantitative estimate of drug-likeness (QED) is 0.398. The summed E-state index contributed by atoms with van der Waals surface area (Å²) in [6, 6.07) is 12.0. The molecular formula is C26H30ClN5O3. The minimum Gasteiger partial charge on any atom is -0.350 e. The average Bonchev–Trinajstić information content (AvgIpc) is 3.15. The number of carbonyl (C=O) groups is 1. The van der Waals surface area contributed by atoms with Crippen LogP contribution in [0, 0.1) is 5.92 Å². The maximum absolute atomic E-state index is 13.5. The van der Waals surface area contributed by atoms with E-state index in [1.807, 2.05) is 26.0 Å². The van der Waals surface area contributed by atoms with Crippen LogP contribution in [-0.2, 0) is 13.1 Å². The molecule has 0 fully saturated rings. The van der Waals surface area contributed by atoms with Crippen molar-refractivity contribution >= 4 is 34.2 Å². The minimum absolute atomic E-state index is 0.00657. The van der Waals surface area contributed by atoms with Crippen molar-refractivity contribution in [3.8, 4) is 0 Å². The molecule has 2 aromatic carbocycles. The monoisotopic (exact) mass is 495 g/mol. The number of nitrogens with zero attached hydrogens (tertiary/aromatic N) is 4. The summed E-state index contributed by atoms with van der Waals surface area (Å²) in [6.07, 6.45) is 1.55. The normalized spacial score (nSPS) is 12.5. The highest BCUT2D eigenvalue weighted by atomic mass is 35.5. The van der Waals surface area contributed by atoms with Gasteiger partial charge in [-0.2, -0.15) is 0 Å². The van der Waals surface area contributed by atoms with Gasteiger partial charge in [-0.15, -0.1) is 5.10 Å². The standard InChI is InChI=1S/C26H30ClN5O3/c1-5-17(4)28-23(33)19-8-11-21-22(14-19)32-25(30(24(21)34)13-12-16(2)3)29-31(26(32)35)15-18-6-9-20(27)10-7-18/h6-11,14,16-17H,5,12-13,15H2,1-4H3,(H,28,33). The predicted octanol–water partition coefficient (Wildman–Crippen LogP) is 4.09. The molecule has 0 aliphatic carbocycles. The smallest absolute Gasteiger partial charge is 0.350 e. The fraction of sp³-hybridized carbons (Fsp3) is 0.385. The number of hydrogen-bond acceptors (Lipinski definition) is 4. The molecule has 2 heterocycles. The summed E-state index contributed by atoms with van der Waals surface area (Å²) in [6.45, 7) is 8.74. The van der Waals surface area contributed by atoms with Crippen molar-refractivity contribution in [1.82, 2.24) is 24.1 Å². The zero-order valence-electron chi connectivity index (χ0n) is 20.4. The van der Waals surface area contributed by atoms with E-state index >= 15 is 0 Å². The molecule has 0 saturated carbocycles. The topological polar surface area (TPSA) is 90.4 Å². The SMILES string of the molecule is CCC(C)NC(=O)c1ccc2c(=O)n(CCC(C)C)c3nn(Cc4ccc(Cl)cc4)c(=O)n3c2c1. The minimum atomic E-state index is -0.377. The molecule has 1 unspecified atom stereocenters. The Kier molecular flexibility index (Phi) is 7.12. The van der Waals surface area contributed by atoms with Crippen molar-refractivity contribution in [2.75, 3.05) is 0 Å². The summed E-state index contributed by atoms with van der Waals surface area (Å²) < 4.78 is 4.34. The van der Waals surface area contributed by atoms with Gasteiger partial charge < -0.3 is 5.32 Å². The molecule has 0 aliphatic heterocycles. The van der Waals surface area contributed by atoms with Crippen LogP contribution in [0.3, 0.4) is 0 Å². The van der Waals surface area contributed by atoms with Crippen LogP contribution in [0.15, 0.2) is 52.1 Å². The Balaban J connectivity index is 1.92. The van der Waals surface area contributed by atoms with Gasteiger partial charge in [-0.05, 0) is 61.6 Å². The van der Waals surface area contributed by atoms with Gasteiger partial charge >= 0.3 is 5.69 Å². The van der Waals surface area contributed by atoms with Crippen molar-refractivity contribution < 1.29 is 4.79 Å². The van der Waals surface area contributed by atoms with Gasteiger partial charge in [0, 0.05) is 23.2 Å². The second-order valence-corrected chi connectivity index (χ2v) is 9.79. The first kappa shape index (κ1) is 24.7. The van der Waals surface area contributed by atoms with Crippen LogP contribution in [0.1, 0.15) is 56.5 Å². The van der Waals surface area contributed by atoms with E-state index in [0.717, 1.165) is 18.4 Å². The molecule has 1 N–H and O–H groups in total. The van der Waals surface area contributed by atoms with Gasteiger partial charge in [-0.1, -0.05) is 44.5 Å². The molecule has 8 nitrogen and oxygen atoms in total. The summed E-state index contributed by atoms with van der Waals surface area (Å²) in [5, 5.41) is 8.46. The van der Waals surface area contributed by atoms with Gasteiger partial charge in [0.1, 0.15) is 0 Å². The fourth-order valence-corrected chi connectivity index (χ4v) is 4.05. The number of rotatable bonds is 8. The van der Waals surface area contributed by atoms with Gasteiger partial charge in [0.25, 0.3) is 11.5 Å². The van der Waals surface area contributed by atoms with Crippen LogP contribution >= 0.6 is 11.6 Å². The fourth-order valence-electron chi connectivity index (χ4n) is 3.92. The Hall–Kier alpha value is -3.39. The highest BCUT2D eigenvalue weighted by molar-refractivity contribution is 6.30. The van der Waals surface area contributed by atoms with Crippen LogP contribution in [0.25, 0.3) is 16.7 Å². The number of aryl methyl sites for hydroxylation is 1. The zero-order valence-corrected chi connectivity index (χ0v) is 21.2. The van der Waals surface area contributed by atoms with Gasteiger partial charge in [-0.25, -0.2) is 13.9 Å². The summed E-state index contributed by atoms with van der Waals surface area (Å²) in [7, 11) is 0. The number of hydrogen-bond donors (Lipinski definition) is 1. The molecule has 1 atom stereocenters. The second kappa shape index (κ2) is 10.1. The molecule has 0 saturated heterocycles. The number of nitrogens with one attached hydrogen (secondary N) is 1. The van der Waals surface area contributed by atoms with Gasteiger partial charge in [0.05, 0.1) is 17.4 Å². The highest BCUT2D eigenvalue weighted by Gasteiger charge is 2.19. The highest BCUT2D eigenvalue weighted by Crippen LogP contribution is 2.16. The summed E-state index contributed by atoms with van der Waals surface area (Å²) in [4.78, 5) is 39.8. The summed E-state index contributed by atoms with van der Waals surface area (Å²) in [5.74, 6) is 0.383. The lowest BCUT2D eigenvalue weighted by Crippen LogP contribution is -2.32. The van der Waals surface area contributed by atoms with Crippen LogP contribution in [0.2, 0.25) is 5.02 Å². The number of aromatic nitrogens is 4. The molecule has 4 aromatic rings. The zero-order chi connectivity index (χ0) is 25.3. The van der Waals surface area contributed by atoms with E-state index in [-0.39, 0.29) is 35.5 Å². The maximum Gasteiger partial charge on any atom is 0.352 e. The number of fused-ring (bicyclic) bond motifs is 3. The molecule has 1 amide bonds. The van der Waals surface area contributed by atoms with Crippen molar-refractivity contribution in [1.29, 1.82) is 0 Å². The Morgan fingerprint density at radius 3 is 2.46 bits per heavy atom. The van der Waals surface area contributed by atoms with E-state index in [1.54, 1.807) is 34.9 Å². The first-order valence-electron chi connectivity index (χ1n) is 11.9. The van der Waals surface area contributed by atoms with Gasteiger partial charge in [-0.3, -0.25) is 14.2 Å². The lowest BCUT2D eigenvalue weighted by Gasteiger charge is -2.13. The lowest BCUT2D eigenvalue weighted by molar-refractivity contribution is 0.0939. The van der Waals surface area contributed by atoms with Crippen LogP contribution in [0.5, 0.6) is 0 Å². The molecule has 0 bridgehead atoms. The van der Waals surface area contributed by atoms with Crippen molar-refractivity contribution in [3.63, 3.8) is 0 Å². The molecule has 4 rings (SSSR count). The molecule has 2 aromatic heterocycles. The predicted molar refractivity (Wildman–Crippen MR) is 138 cm³/mol. The molecule has 0 spiro atoms. The molecule has 184 valence electrons. The second-order valence-electron chi connectivity index (χ2n) is 9.36. The van der Waals surface area contributed by atoms with Crippen molar-refractivity contribution in [3.05, 3.63) is 79.5 Å². The molecule has 0 radical (unpaired) electrons. The molecule has 35 heavy (non-hydrogen) atoms. The molecular weight excluding hydrogens is 466 g/mol. The third-order valence-electron chi connectivity index (χ3n) is 6.21. The summed E-state index contributed by atoms with van der Waals surface area (Å²) in [5.41, 5.74) is 1.00. The molecule has 0 aliphatic rings. The third-order valence-corrected chi connectivity index (χ3v) is 6.46. The Morgan fingerprint density at radius 2 is 1.80 bits per heavy atom. The van der Waals surface area contributed by atoms with Crippen molar-refractivity contribution in [2.45, 2.75) is 59.7 Å². The van der Waals surface area contributed by atoms with Crippen molar-refractivity contribution in [2.24, 2.45) is 5.92 Å². The van der Waals surface area contributed by atoms with Crippen LogP contribution in [-0.4, -0.2) is 30.7 Å². The first-order valence-corrected chi connectivity index (χ1v) is 12.3. The Labute approximate surface area is 208 Å². The summed E-state index contributed by atoms with van der Waals surface area (Å²) >= 11 is 6.00. The van der Waals surface area contributed by atoms with Gasteiger partial charge in [0.2, 0.25) is 5.78 Å². The van der Waals surface area contributed by atoms with E-state index < -0.39 is 0 Å². The Bertz CT molecular complexity index is 1500. The number of halogens is 1. The van der Waals surface area contributed by atoms with Gasteiger partial charge in [0.15, 0.2) is 0 Å². The largest absolute Gasteiger partial charge is 0.352 e. The van der Waals surface area contributed by atoms with E-state index in [2.05, 4.69) is 24.3 Å². The van der Waals surface area contributed by atoms with Crippen LogP contribution < -0.4 is 16.6 Å². The third kappa shape index (κ3) is 5.03. The maximum atomic E-state index is 13.5. The lowest BCUT2D eigenvalue weighted by atomic mass is 10.1. The first-order chi connectivity index (χ1) is 16.7. The van der Waals surface area contributed by atoms with Crippen LogP contribution in [0.4, 0.5) is 0 Å². The van der Waals surface area contributed by atoms with E-state index in [1.165, 1.54) is 9.08 Å².